The Labute approximate surface area is 356 Å². The van der Waals surface area contributed by atoms with Gasteiger partial charge in [0.05, 0.1) is 19.6 Å². The Bertz CT molecular complexity index is 1780. The van der Waals surface area contributed by atoms with Crippen molar-refractivity contribution < 1.29 is 131 Å². The molecule has 0 atom stereocenters. The molecule has 2 rings (SSSR count). The first-order chi connectivity index (χ1) is 27.0. The highest BCUT2D eigenvalue weighted by Crippen LogP contribution is 2.55. The molecule has 0 radical (unpaired) electrons. The van der Waals surface area contributed by atoms with Gasteiger partial charge in [0.1, 0.15) is 0 Å². The highest BCUT2D eigenvalue weighted by Gasteiger charge is 2.85. The van der Waals surface area contributed by atoms with E-state index in [-0.39, 0.29) is 32.0 Å². The van der Waals surface area contributed by atoms with Crippen LogP contribution < -0.4 is 26.1 Å². The lowest BCUT2D eigenvalue weighted by molar-refractivity contribution is -0.894. The number of nitrogens with one attached hydrogen (secondary N) is 1. The molecule has 0 fully saturated rings. The molecule has 0 saturated carbocycles. The second kappa shape index (κ2) is 20.9. The van der Waals surface area contributed by atoms with Gasteiger partial charge >= 0.3 is 67.8 Å². The average molecular weight is 1090 g/mol. The first-order valence-electron chi connectivity index (χ1n) is 17.0. The molecule has 2 aromatic carbocycles. The SMILES string of the molecule is CC(C)(C)c1ccc([I+]c2ccc(C(C)(C)C)cc2)cc1.CC[NH+](CC)CC.O=S(=O)([O-])C(F)(F)C(F)(F)C(F)(F)C(F)(F)F.O=S(=O)([O-])C(F)(F)C(F)(F)C(F)(F)C(F)(F)F. The van der Waals surface area contributed by atoms with E-state index in [2.05, 4.69) is 111 Å². The molecular weight excluding hydrogens is 1050 g/mol. The highest BCUT2D eigenvalue weighted by molar-refractivity contribution is 7.87. The van der Waals surface area contributed by atoms with Crippen LogP contribution in [-0.4, -0.2) is 92.1 Å². The number of hydrogen-bond donors (Lipinski definition) is 1. The molecular formula is C34H42F18INO6S2. The summed E-state index contributed by atoms with van der Waals surface area (Å²) in [5.74, 6) is -29.6. The molecule has 364 valence electrons. The maximum absolute atomic E-state index is 12.2. The Morgan fingerprint density at radius 1 is 0.435 bits per heavy atom. The summed E-state index contributed by atoms with van der Waals surface area (Å²) in [6, 6.07) is 18.4. The number of rotatable bonds is 11. The van der Waals surface area contributed by atoms with Crippen molar-refractivity contribution in [3.63, 3.8) is 0 Å². The normalized spacial score (nSPS) is 14.2. The third-order valence-corrected chi connectivity index (χ3v) is 12.5. The van der Waals surface area contributed by atoms with E-state index in [4.69, 9.17) is 0 Å². The minimum absolute atomic E-state index is 0.0703. The van der Waals surface area contributed by atoms with Crippen molar-refractivity contribution in [3.05, 3.63) is 66.8 Å². The van der Waals surface area contributed by atoms with E-state index >= 15 is 0 Å². The first-order valence-corrected chi connectivity index (χ1v) is 22.0. The molecule has 0 saturated heterocycles. The lowest BCUT2D eigenvalue weighted by Gasteiger charge is -2.34. The van der Waals surface area contributed by atoms with Crippen molar-refractivity contribution in [1.82, 2.24) is 0 Å². The molecule has 1 N–H and O–H groups in total. The Morgan fingerprint density at radius 2 is 0.645 bits per heavy atom. The fraction of sp³-hybridized carbons (Fsp3) is 0.647. The van der Waals surface area contributed by atoms with Gasteiger partial charge in [0.2, 0.25) is 0 Å². The van der Waals surface area contributed by atoms with E-state index < -0.39 is 66.8 Å². The van der Waals surface area contributed by atoms with Crippen molar-refractivity contribution in [3.8, 4) is 0 Å². The van der Waals surface area contributed by atoms with Crippen LogP contribution in [-0.2, 0) is 31.1 Å². The van der Waals surface area contributed by atoms with Crippen molar-refractivity contribution >= 4 is 20.2 Å². The summed E-state index contributed by atoms with van der Waals surface area (Å²) in [5.41, 5.74) is 3.31. The lowest BCUT2D eigenvalue weighted by Crippen LogP contribution is -3.61. The number of halogens is 19. The van der Waals surface area contributed by atoms with Gasteiger partial charge in [-0.1, -0.05) is 65.8 Å². The molecule has 0 aliphatic carbocycles. The fourth-order valence-corrected chi connectivity index (χ4v) is 6.98. The Morgan fingerprint density at radius 3 is 0.774 bits per heavy atom. The summed E-state index contributed by atoms with van der Waals surface area (Å²) in [6.07, 6.45) is -14.3. The van der Waals surface area contributed by atoms with Crippen LogP contribution in [0, 0.1) is 7.14 Å². The first kappa shape index (κ1) is 61.8. The van der Waals surface area contributed by atoms with Gasteiger partial charge in [0.15, 0.2) is 27.4 Å². The summed E-state index contributed by atoms with van der Waals surface area (Å²) in [5, 5.41) is -14.2. The van der Waals surface area contributed by atoms with Gasteiger partial charge in [-0.05, 0) is 67.0 Å². The zero-order valence-corrected chi connectivity index (χ0v) is 37.5. The average Bonchev–Trinajstić information content (AvgIpc) is 3.07. The second-order valence-electron chi connectivity index (χ2n) is 14.7. The van der Waals surface area contributed by atoms with Crippen LogP contribution in [0.2, 0.25) is 0 Å². The number of hydrogen-bond acceptors (Lipinski definition) is 6. The molecule has 0 aliphatic rings. The summed E-state index contributed by atoms with van der Waals surface area (Å²) >= 11 is -0.0703. The van der Waals surface area contributed by atoms with Gasteiger partial charge < -0.3 is 14.0 Å². The maximum atomic E-state index is 12.2. The van der Waals surface area contributed by atoms with E-state index in [0.717, 1.165) is 0 Å². The van der Waals surface area contributed by atoms with Crippen LogP contribution >= 0.6 is 0 Å². The standard InChI is InChI=1S/C20H26I.C6H15N.2C4HF9O3S/c1-19(2,3)15-7-11-17(12-8-15)21-18-13-9-16(10-14-18)20(4,5)6;1-4-7(5-2)6-3;2*5-1(6,3(9,10)11)2(7,8)4(12,13)17(14,15)16/h7-14H,1-6H3;4-6H2,1-3H3;2*(H,14,15,16)/q+1;;;/p-1. The summed E-state index contributed by atoms with van der Waals surface area (Å²) < 4.78 is 274. The van der Waals surface area contributed by atoms with Crippen LogP contribution in [0.1, 0.15) is 73.4 Å². The van der Waals surface area contributed by atoms with Gasteiger partial charge in [0.25, 0.3) is 0 Å². The van der Waals surface area contributed by atoms with Crippen LogP contribution in [0.25, 0.3) is 0 Å². The van der Waals surface area contributed by atoms with Crippen molar-refractivity contribution in [2.45, 2.75) is 120 Å². The van der Waals surface area contributed by atoms with Gasteiger partial charge in [-0.25, -0.2) is 16.8 Å². The third kappa shape index (κ3) is 14.9. The number of benzene rings is 2. The van der Waals surface area contributed by atoms with E-state index in [0.29, 0.717) is 0 Å². The predicted molar refractivity (Wildman–Crippen MR) is 181 cm³/mol. The largest absolute Gasteiger partial charge is 0.743 e. The Balaban J connectivity index is 0. The fourth-order valence-electron chi connectivity index (χ4n) is 3.94. The monoisotopic (exact) mass is 1090 g/mol. The molecule has 62 heavy (non-hydrogen) atoms. The Kier molecular flexibility index (Phi) is 20.8. The van der Waals surface area contributed by atoms with Gasteiger partial charge in [-0.3, -0.25) is 0 Å². The smallest absolute Gasteiger partial charge is 0.460 e. The van der Waals surface area contributed by atoms with Crippen LogP contribution in [0.15, 0.2) is 48.5 Å². The van der Waals surface area contributed by atoms with E-state index in [1.54, 1.807) is 4.90 Å². The minimum Gasteiger partial charge on any atom is -0.743 e. The molecule has 0 unspecified atom stereocenters. The van der Waals surface area contributed by atoms with E-state index in [1.807, 2.05) is 0 Å². The molecule has 0 aromatic heterocycles. The van der Waals surface area contributed by atoms with Crippen LogP contribution in [0.5, 0.6) is 0 Å². The lowest BCUT2D eigenvalue weighted by atomic mass is 9.87. The molecule has 0 heterocycles. The van der Waals surface area contributed by atoms with Crippen molar-refractivity contribution in [1.29, 1.82) is 0 Å². The number of quaternary nitrogens is 1. The highest BCUT2D eigenvalue weighted by atomic mass is 127. The molecule has 0 spiro atoms. The van der Waals surface area contributed by atoms with Crippen LogP contribution in [0.3, 0.4) is 0 Å². The number of alkyl halides is 18. The second-order valence-corrected chi connectivity index (χ2v) is 20.5. The zero-order chi connectivity index (χ0) is 50.4. The molecule has 2 aromatic rings. The summed E-state index contributed by atoms with van der Waals surface area (Å²) in [7, 11) is -14.8. The quantitative estimate of drug-likeness (QED) is 0.162. The molecule has 0 amide bonds. The summed E-state index contributed by atoms with van der Waals surface area (Å²) in [4.78, 5) is 1.68. The molecule has 0 aliphatic heterocycles. The predicted octanol–water partition coefficient (Wildman–Crippen LogP) is 6.26. The van der Waals surface area contributed by atoms with Gasteiger partial charge in [0, 0.05) is 0 Å². The topological polar surface area (TPSA) is 119 Å². The minimum atomic E-state index is -7.43. The molecule has 0 bridgehead atoms. The Hall–Kier alpha value is -2.31. The molecule has 28 heteroatoms. The third-order valence-electron chi connectivity index (χ3n) is 8.00. The van der Waals surface area contributed by atoms with Crippen molar-refractivity contribution in [2.75, 3.05) is 19.6 Å². The summed E-state index contributed by atoms with van der Waals surface area (Å²) in [6.45, 7) is 24.1. The molecule has 7 nitrogen and oxygen atoms in total. The van der Waals surface area contributed by atoms with Gasteiger partial charge in [-0.2, -0.15) is 79.0 Å². The van der Waals surface area contributed by atoms with E-state index in [1.165, 1.54) is 37.9 Å². The van der Waals surface area contributed by atoms with E-state index in [9.17, 15) is 105 Å². The van der Waals surface area contributed by atoms with Crippen LogP contribution in [0.4, 0.5) is 79.0 Å². The zero-order valence-electron chi connectivity index (χ0n) is 33.7. The van der Waals surface area contributed by atoms with Gasteiger partial charge in [-0.15, -0.1) is 0 Å². The van der Waals surface area contributed by atoms with Crippen molar-refractivity contribution in [2.24, 2.45) is 0 Å². The maximum Gasteiger partial charge on any atom is 0.460 e.